The topological polar surface area (TPSA) is 125 Å². The number of hydrogen-bond acceptors (Lipinski definition) is 5. The minimum atomic E-state index is -0.570. The van der Waals surface area contributed by atoms with E-state index >= 15 is 0 Å². The van der Waals surface area contributed by atoms with E-state index in [1.807, 2.05) is 55.5 Å². The van der Waals surface area contributed by atoms with Gasteiger partial charge in [-0.1, -0.05) is 24.3 Å². The Hall–Kier alpha value is -4.30. The summed E-state index contributed by atoms with van der Waals surface area (Å²) in [7, 11) is 0. The van der Waals surface area contributed by atoms with Gasteiger partial charge in [0.15, 0.2) is 0 Å². The van der Waals surface area contributed by atoms with Crippen LogP contribution in [0.25, 0.3) is 21.8 Å². The van der Waals surface area contributed by atoms with Gasteiger partial charge in [-0.25, -0.2) is 0 Å². The molecule has 1 aliphatic heterocycles. The number of aliphatic imine (C=N–C) groups is 1. The molecule has 0 bridgehead atoms. The molecule has 0 spiro atoms. The van der Waals surface area contributed by atoms with Crippen molar-refractivity contribution in [2.75, 3.05) is 26.3 Å². The first-order valence-electron chi connectivity index (χ1n) is 11.8. The van der Waals surface area contributed by atoms with Gasteiger partial charge >= 0.3 is 0 Å². The van der Waals surface area contributed by atoms with Gasteiger partial charge in [0.2, 0.25) is 0 Å². The molecular weight excluding hydrogens is 454 g/mol. The number of fused-ring (bicyclic) bond motifs is 3. The number of carbonyl (C=O) groups excluding carboxylic acids is 2. The van der Waals surface area contributed by atoms with Gasteiger partial charge in [0.25, 0.3) is 11.8 Å². The molecule has 0 radical (unpaired) electrons. The summed E-state index contributed by atoms with van der Waals surface area (Å²) in [6, 6.07) is 18.7. The number of hydrogen-bond donors (Lipinski definition) is 3. The molecule has 1 aromatic heterocycles. The normalized spacial score (nSPS) is 15.2. The molecule has 1 unspecified atom stereocenters. The summed E-state index contributed by atoms with van der Waals surface area (Å²) in [5.74, 6) is -1.05. The van der Waals surface area contributed by atoms with Gasteiger partial charge in [-0.05, 0) is 48.9 Å². The van der Waals surface area contributed by atoms with Crippen LogP contribution in [0.5, 0.6) is 0 Å². The molecule has 1 aliphatic rings. The van der Waals surface area contributed by atoms with Crippen LogP contribution in [0.15, 0.2) is 65.7 Å². The molecule has 1 saturated heterocycles. The van der Waals surface area contributed by atoms with Crippen molar-refractivity contribution in [3.63, 3.8) is 0 Å². The molecule has 8 nitrogen and oxygen atoms in total. The summed E-state index contributed by atoms with van der Waals surface area (Å²) in [5, 5.41) is 9.77. The molecule has 36 heavy (non-hydrogen) atoms. The standard InChI is InChI=1S/C28H27N5O3/c1-17(31-20-5-3-2-4-6-20)24(16-29)19-13-22-21-8-7-18(28(35)33-9-11-36-12-10-33)15-25(21)32-26(22)23(14-19)27(30)34/h2-8,13-16,24,29,32H,9-12H2,1H3,(H2,30,34). The number of carbonyl (C=O) groups is 2. The maximum atomic E-state index is 13.0. The van der Waals surface area contributed by atoms with E-state index in [1.165, 1.54) is 6.21 Å². The number of nitrogens with two attached hydrogens (primary N) is 1. The Morgan fingerprint density at radius 1 is 1.08 bits per heavy atom. The van der Waals surface area contributed by atoms with E-state index in [9.17, 15) is 9.59 Å². The highest BCUT2D eigenvalue weighted by molar-refractivity contribution is 6.16. The van der Waals surface area contributed by atoms with Crippen molar-refractivity contribution in [2.24, 2.45) is 10.7 Å². The fourth-order valence-electron chi connectivity index (χ4n) is 4.72. The fourth-order valence-corrected chi connectivity index (χ4v) is 4.72. The smallest absolute Gasteiger partial charge is 0.254 e. The zero-order valence-corrected chi connectivity index (χ0v) is 20.0. The Balaban J connectivity index is 1.60. The highest BCUT2D eigenvalue weighted by Crippen LogP contribution is 2.32. The maximum absolute atomic E-state index is 13.0. The number of nitrogens with zero attached hydrogens (tertiary/aromatic N) is 2. The summed E-state index contributed by atoms with van der Waals surface area (Å²) < 4.78 is 5.35. The second-order valence-corrected chi connectivity index (χ2v) is 8.88. The molecule has 2 heterocycles. The van der Waals surface area contributed by atoms with Gasteiger partial charge < -0.3 is 25.8 Å². The zero-order valence-electron chi connectivity index (χ0n) is 20.0. The average molecular weight is 482 g/mol. The lowest BCUT2D eigenvalue weighted by Crippen LogP contribution is -2.40. The molecule has 5 rings (SSSR count). The third kappa shape index (κ3) is 4.38. The summed E-state index contributed by atoms with van der Waals surface area (Å²) in [6.07, 6.45) is 1.32. The molecule has 182 valence electrons. The summed E-state index contributed by atoms with van der Waals surface area (Å²) in [4.78, 5) is 35.2. The largest absolute Gasteiger partial charge is 0.378 e. The van der Waals surface area contributed by atoms with Crippen LogP contribution in [0.3, 0.4) is 0 Å². The Bertz CT molecular complexity index is 1500. The van der Waals surface area contributed by atoms with Crippen LogP contribution in [0.2, 0.25) is 0 Å². The van der Waals surface area contributed by atoms with Crippen molar-refractivity contribution in [3.8, 4) is 0 Å². The SMILES string of the molecule is CC(=Nc1ccccc1)C(C=N)c1cc(C(N)=O)c2[nH]c3cc(C(=O)N4CCOCC4)ccc3c2c1. The van der Waals surface area contributed by atoms with Crippen LogP contribution in [-0.4, -0.2) is 59.9 Å². The van der Waals surface area contributed by atoms with E-state index in [0.717, 1.165) is 33.3 Å². The van der Waals surface area contributed by atoms with Gasteiger partial charge in [0, 0.05) is 46.9 Å². The molecule has 4 aromatic rings. The average Bonchev–Trinajstić information content (AvgIpc) is 3.27. The molecule has 2 amide bonds. The summed E-state index contributed by atoms with van der Waals surface area (Å²) in [5.41, 5.74) is 10.3. The van der Waals surface area contributed by atoms with Gasteiger partial charge in [-0.3, -0.25) is 14.6 Å². The van der Waals surface area contributed by atoms with E-state index in [2.05, 4.69) is 9.98 Å². The van der Waals surface area contributed by atoms with E-state index in [1.54, 1.807) is 17.0 Å². The van der Waals surface area contributed by atoms with Crippen LogP contribution in [-0.2, 0) is 4.74 Å². The quantitative estimate of drug-likeness (QED) is 0.353. The van der Waals surface area contributed by atoms with Crippen LogP contribution >= 0.6 is 0 Å². The van der Waals surface area contributed by atoms with Crippen LogP contribution in [0.1, 0.15) is 39.1 Å². The second kappa shape index (κ2) is 9.75. The number of aromatic nitrogens is 1. The zero-order chi connectivity index (χ0) is 25.2. The van der Waals surface area contributed by atoms with Crippen molar-refractivity contribution < 1.29 is 14.3 Å². The molecular formula is C28H27N5O3. The number of aromatic amines is 1. The van der Waals surface area contributed by atoms with E-state index < -0.39 is 11.8 Å². The lowest BCUT2D eigenvalue weighted by Gasteiger charge is -2.26. The lowest BCUT2D eigenvalue weighted by molar-refractivity contribution is 0.0303. The molecule has 3 aromatic carbocycles. The van der Waals surface area contributed by atoms with Gasteiger partial charge in [-0.15, -0.1) is 0 Å². The number of ether oxygens (including phenoxy) is 1. The maximum Gasteiger partial charge on any atom is 0.254 e. The van der Waals surface area contributed by atoms with Gasteiger partial charge in [0.1, 0.15) is 0 Å². The molecule has 0 aliphatic carbocycles. The predicted molar refractivity (Wildman–Crippen MR) is 142 cm³/mol. The lowest BCUT2D eigenvalue weighted by atomic mass is 9.92. The third-order valence-corrected chi connectivity index (χ3v) is 6.58. The number of rotatable bonds is 6. The van der Waals surface area contributed by atoms with Crippen molar-refractivity contribution >= 4 is 51.2 Å². The Morgan fingerprint density at radius 2 is 1.83 bits per heavy atom. The number of H-pyrrole nitrogens is 1. The van der Waals surface area contributed by atoms with Gasteiger partial charge in [0.05, 0.1) is 35.9 Å². The highest BCUT2D eigenvalue weighted by atomic mass is 16.5. The molecule has 1 fully saturated rings. The van der Waals surface area contributed by atoms with Crippen LogP contribution in [0, 0.1) is 5.41 Å². The predicted octanol–water partition coefficient (Wildman–Crippen LogP) is 4.42. The van der Waals surface area contributed by atoms with E-state index in [0.29, 0.717) is 42.9 Å². The number of morpholine rings is 1. The number of amides is 2. The number of primary amides is 1. The number of benzene rings is 3. The van der Waals surface area contributed by atoms with Gasteiger partial charge in [-0.2, -0.15) is 0 Å². The molecule has 0 saturated carbocycles. The molecule has 4 N–H and O–H groups in total. The Kier molecular flexibility index (Phi) is 6.35. The second-order valence-electron chi connectivity index (χ2n) is 8.88. The molecule has 1 atom stereocenters. The van der Waals surface area contributed by atoms with E-state index in [4.69, 9.17) is 15.9 Å². The monoisotopic (exact) mass is 481 g/mol. The first kappa shape index (κ1) is 23.4. The Morgan fingerprint density at radius 3 is 2.53 bits per heavy atom. The first-order chi connectivity index (χ1) is 17.5. The number of nitrogens with one attached hydrogen (secondary N) is 2. The molecule has 8 heteroatoms. The first-order valence-corrected chi connectivity index (χ1v) is 11.8. The summed E-state index contributed by atoms with van der Waals surface area (Å²) >= 11 is 0. The van der Waals surface area contributed by atoms with Crippen LogP contribution in [0.4, 0.5) is 5.69 Å². The van der Waals surface area contributed by atoms with Crippen LogP contribution < -0.4 is 5.73 Å². The Labute approximate surface area is 208 Å². The van der Waals surface area contributed by atoms with Crippen molar-refractivity contribution in [1.29, 1.82) is 5.41 Å². The van der Waals surface area contributed by atoms with Crippen molar-refractivity contribution in [2.45, 2.75) is 12.8 Å². The van der Waals surface area contributed by atoms with Crippen molar-refractivity contribution in [1.82, 2.24) is 9.88 Å². The third-order valence-electron chi connectivity index (χ3n) is 6.58. The minimum Gasteiger partial charge on any atom is -0.378 e. The summed E-state index contributed by atoms with van der Waals surface area (Å²) in [6.45, 7) is 4.06. The fraction of sp³-hybridized carbons (Fsp3) is 0.214. The van der Waals surface area contributed by atoms with Crippen molar-refractivity contribution in [3.05, 3.63) is 77.4 Å². The number of para-hydroxylation sites is 1. The van der Waals surface area contributed by atoms with E-state index in [-0.39, 0.29) is 5.91 Å². The minimum absolute atomic E-state index is 0.0497. The highest BCUT2D eigenvalue weighted by Gasteiger charge is 2.22.